The molecule has 3 aromatic rings. The van der Waals surface area contributed by atoms with Crippen LogP contribution in [0.25, 0.3) is 11.0 Å². The molecule has 0 aliphatic rings. The van der Waals surface area contributed by atoms with Gasteiger partial charge in [0.25, 0.3) is 0 Å². The number of hydrogen-bond donors (Lipinski definition) is 3. The molecule has 0 radical (unpaired) electrons. The van der Waals surface area contributed by atoms with E-state index < -0.39 is 0 Å². The van der Waals surface area contributed by atoms with Gasteiger partial charge in [-0.15, -0.1) is 0 Å². The molecular formula is C16H16N4O. The topological polar surface area (TPSA) is 69.8 Å². The number of rotatable bonds is 4. The summed E-state index contributed by atoms with van der Waals surface area (Å²) < 4.78 is 0. The molecule has 2 aromatic heterocycles. The molecule has 0 bridgehead atoms. The Morgan fingerprint density at radius 2 is 1.95 bits per heavy atom. The molecule has 1 aromatic carbocycles. The Morgan fingerprint density at radius 1 is 1.19 bits per heavy atom. The summed E-state index contributed by atoms with van der Waals surface area (Å²) in [4.78, 5) is 18.4. The van der Waals surface area contributed by atoms with E-state index >= 15 is 0 Å². The number of pyridine rings is 1. The first kappa shape index (κ1) is 13.2. The van der Waals surface area contributed by atoms with Crippen molar-refractivity contribution in [2.24, 2.45) is 0 Å². The first-order chi connectivity index (χ1) is 10.2. The molecule has 0 saturated carbocycles. The van der Waals surface area contributed by atoms with Crippen LogP contribution in [-0.2, 0) is 11.3 Å². The lowest BCUT2D eigenvalue weighted by atomic mass is 10.2. The lowest BCUT2D eigenvalue weighted by Gasteiger charge is -2.07. The summed E-state index contributed by atoms with van der Waals surface area (Å²) in [5.74, 6) is -0.0676. The van der Waals surface area contributed by atoms with Gasteiger partial charge in [0.05, 0.1) is 0 Å². The highest BCUT2D eigenvalue weighted by atomic mass is 16.1. The largest absolute Gasteiger partial charge is 0.381 e. The number of carbonyl (C=O) groups is 1. The van der Waals surface area contributed by atoms with Gasteiger partial charge < -0.3 is 15.6 Å². The number of H-pyrrole nitrogens is 1. The summed E-state index contributed by atoms with van der Waals surface area (Å²) in [6, 6.07) is 11.6. The monoisotopic (exact) mass is 280 g/mol. The number of nitrogens with one attached hydrogen (secondary N) is 3. The minimum absolute atomic E-state index is 0.0676. The Bertz CT molecular complexity index is 761. The van der Waals surface area contributed by atoms with E-state index in [1.165, 1.54) is 12.5 Å². The molecule has 21 heavy (non-hydrogen) atoms. The van der Waals surface area contributed by atoms with Crippen molar-refractivity contribution in [3.63, 3.8) is 0 Å². The van der Waals surface area contributed by atoms with Gasteiger partial charge >= 0.3 is 0 Å². The highest BCUT2D eigenvalue weighted by molar-refractivity contribution is 5.88. The summed E-state index contributed by atoms with van der Waals surface area (Å²) in [6.07, 6.45) is 3.74. The quantitative estimate of drug-likeness (QED) is 0.687. The fourth-order valence-electron chi connectivity index (χ4n) is 2.23. The highest BCUT2D eigenvalue weighted by Crippen LogP contribution is 2.18. The second kappa shape index (κ2) is 5.66. The Labute approximate surface area is 122 Å². The van der Waals surface area contributed by atoms with Crippen molar-refractivity contribution in [2.75, 3.05) is 10.6 Å². The molecule has 0 saturated heterocycles. The van der Waals surface area contributed by atoms with Gasteiger partial charge in [0.2, 0.25) is 5.91 Å². The van der Waals surface area contributed by atoms with Gasteiger partial charge in [-0.25, -0.2) is 4.98 Å². The van der Waals surface area contributed by atoms with Gasteiger partial charge in [-0.05, 0) is 42.0 Å². The summed E-state index contributed by atoms with van der Waals surface area (Å²) >= 11 is 0. The summed E-state index contributed by atoms with van der Waals surface area (Å²) in [7, 11) is 0. The van der Waals surface area contributed by atoms with Gasteiger partial charge in [-0.1, -0.05) is 0 Å². The van der Waals surface area contributed by atoms with Crippen molar-refractivity contribution < 1.29 is 4.79 Å². The third-order valence-electron chi connectivity index (χ3n) is 3.23. The molecule has 0 atom stereocenters. The third-order valence-corrected chi connectivity index (χ3v) is 3.23. The van der Waals surface area contributed by atoms with Crippen LogP contribution in [0.4, 0.5) is 11.4 Å². The van der Waals surface area contributed by atoms with Crippen molar-refractivity contribution in [2.45, 2.75) is 13.5 Å². The normalized spacial score (nSPS) is 10.5. The van der Waals surface area contributed by atoms with Crippen molar-refractivity contribution in [1.82, 2.24) is 9.97 Å². The molecule has 0 aliphatic heterocycles. The zero-order valence-electron chi connectivity index (χ0n) is 11.7. The maximum atomic E-state index is 11.0. The van der Waals surface area contributed by atoms with E-state index in [1.807, 2.05) is 36.5 Å². The fraction of sp³-hybridized carbons (Fsp3) is 0.125. The molecule has 106 valence electrons. The number of benzene rings is 1. The number of aromatic amines is 1. The second-order valence-electron chi connectivity index (χ2n) is 4.83. The molecule has 3 N–H and O–H groups in total. The van der Waals surface area contributed by atoms with Crippen LogP contribution in [-0.4, -0.2) is 15.9 Å². The molecule has 0 aliphatic carbocycles. The number of aromatic nitrogens is 2. The number of amides is 1. The van der Waals surface area contributed by atoms with Crippen LogP contribution >= 0.6 is 0 Å². The van der Waals surface area contributed by atoms with Crippen LogP contribution in [0.3, 0.4) is 0 Å². The zero-order valence-corrected chi connectivity index (χ0v) is 11.7. The average Bonchev–Trinajstić information content (AvgIpc) is 2.89. The van der Waals surface area contributed by atoms with E-state index in [2.05, 4.69) is 26.7 Å². The molecule has 5 nitrogen and oxygen atoms in total. The van der Waals surface area contributed by atoms with Crippen LogP contribution in [0.1, 0.15) is 12.5 Å². The Balaban J connectivity index is 1.68. The predicted octanol–water partition coefficient (Wildman–Crippen LogP) is 3.13. The molecule has 5 heteroatoms. The number of nitrogens with zero attached hydrogens (tertiary/aromatic N) is 1. The fourth-order valence-corrected chi connectivity index (χ4v) is 2.23. The smallest absolute Gasteiger partial charge is 0.221 e. The number of fused-ring (bicyclic) bond motifs is 1. The van der Waals surface area contributed by atoms with Crippen LogP contribution in [0.15, 0.2) is 48.8 Å². The number of anilines is 2. The van der Waals surface area contributed by atoms with Gasteiger partial charge in [-0.2, -0.15) is 0 Å². The number of carbonyl (C=O) groups excluding carboxylic acids is 1. The SMILES string of the molecule is CC(=O)Nc1ccc(NCc2c[nH]c3ncccc23)cc1. The van der Waals surface area contributed by atoms with Gasteiger partial charge in [-0.3, -0.25) is 4.79 Å². The van der Waals surface area contributed by atoms with E-state index in [1.54, 1.807) is 6.20 Å². The molecule has 1 amide bonds. The average molecular weight is 280 g/mol. The second-order valence-corrected chi connectivity index (χ2v) is 4.83. The van der Waals surface area contributed by atoms with Crippen LogP contribution in [0, 0.1) is 0 Å². The third kappa shape index (κ3) is 3.02. The minimum atomic E-state index is -0.0676. The van der Waals surface area contributed by atoms with Crippen molar-refractivity contribution in [3.8, 4) is 0 Å². The van der Waals surface area contributed by atoms with Crippen molar-refractivity contribution in [1.29, 1.82) is 0 Å². The molecule has 0 unspecified atom stereocenters. The van der Waals surface area contributed by atoms with Gasteiger partial charge in [0, 0.05) is 42.6 Å². The summed E-state index contributed by atoms with van der Waals surface area (Å²) in [5, 5.41) is 7.23. The van der Waals surface area contributed by atoms with Crippen molar-refractivity contribution >= 4 is 28.3 Å². The van der Waals surface area contributed by atoms with Crippen LogP contribution in [0.5, 0.6) is 0 Å². The lowest BCUT2D eigenvalue weighted by molar-refractivity contribution is -0.114. The van der Waals surface area contributed by atoms with Crippen LogP contribution in [0.2, 0.25) is 0 Å². The zero-order chi connectivity index (χ0) is 14.7. The van der Waals surface area contributed by atoms with E-state index in [-0.39, 0.29) is 5.91 Å². The van der Waals surface area contributed by atoms with Crippen molar-refractivity contribution in [3.05, 3.63) is 54.4 Å². The summed E-state index contributed by atoms with van der Waals surface area (Å²) in [6.45, 7) is 2.21. The van der Waals surface area contributed by atoms with E-state index in [9.17, 15) is 4.79 Å². The van der Waals surface area contributed by atoms with E-state index in [0.717, 1.165) is 22.4 Å². The first-order valence-corrected chi connectivity index (χ1v) is 6.75. The van der Waals surface area contributed by atoms with Crippen LogP contribution < -0.4 is 10.6 Å². The Kier molecular flexibility index (Phi) is 3.55. The molecular weight excluding hydrogens is 264 g/mol. The maximum absolute atomic E-state index is 11.0. The summed E-state index contributed by atoms with van der Waals surface area (Å²) in [5.41, 5.74) is 3.87. The molecule has 2 heterocycles. The molecule has 0 spiro atoms. The molecule has 3 rings (SSSR count). The van der Waals surface area contributed by atoms with E-state index in [0.29, 0.717) is 6.54 Å². The Hall–Kier alpha value is -2.82. The van der Waals surface area contributed by atoms with Gasteiger partial charge in [0.15, 0.2) is 0 Å². The maximum Gasteiger partial charge on any atom is 0.221 e. The predicted molar refractivity (Wildman–Crippen MR) is 84.2 cm³/mol. The Morgan fingerprint density at radius 3 is 2.71 bits per heavy atom. The highest BCUT2D eigenvalue weighted by Gasteiger charge is 2.03. The lowest BCUT2D eigenvalue weighted by Crippen LogP contribution is -2.05. The molecule has 0 fully saturated rings. The van der Waals surface area contributed by atoms with Gasteiger partial charge in [0.1, 0.15) is 5.65 Å². The van der Waals surface area contributed by atoms with E-state index in [4.69, 9.17) is 0 Å². The minimum Gasteiger partial charge on any atom is -0.381 e. The number of hydrogen-bond acceptors (Lipinski definition) is 3. The first-order valence-electron chi connectivity index (χ1n) is 6.75. The standard InChI is InChI=1S/C16H16N4O/c1-11(21)20-14-6-4-13(5-7-14)18-9-12-10-19-16-15(12)3-2-8-17-16/h2-8,10,18H,9H2,1H3,(H,17,19)(H,20,21).